The predicted octanol–water partition coefficient (Wildman–Crippen LogP) is 2.94. The van der Waals surface area contributed by atoms with Gasteiger partial charge in [0.05, 0.1) is 5.69 Å². The highest BCUT2D eigenvalue weighted by Gasteiger charge is 2.19. The lowest BCUT2D eigenvalue weighted by Crippen LogP contribution is -2.24. The largest absolute Gasteiger partial charge is 0.312 e. The van der Waals surface area contributed by atoms with Crippen LogP contribution in [0.25, 0.3) is 0 Å². The number of hydrogen-bond acceptors (Lipinski definition) is 2. The maximum Gasteiger partial charge on any atom is 0.0638 e. The molecule has 0 fully saturated rings. The third kappa shape index (κ3) is 2.78. The molecule has 0 amide bonds. The second-order valence-electron chi connectivity index (χ2n) is 5.83. The van der Waals surface area contributed by atoms with Crippen LogP contribution in [0.2, 0.25) is 0 Å². The molecule has 2 aromatic rings. The Morgan fingerprint density at radius 3 is 3.00 bits per heavy atom. The van der Waals surface area contributed by atoms with E-state index in [1.807, 2.05) is 11.7 Å². The molecule has 0 saturated carbocycles. The van der Waals surface area contributed by atoms with Gasteiger partial charge in [-0.2, -0.15) is 5.10 Å². The molecular formula is C17H23N3. The zero-order valence-corrected chi connectivity index (χ0v) is 12.4. The van der Waals surface area contributed by atoms with Crippen LogP contribution in [0.15, 0.2) is 30.5 Å². The number of fused-ring (bicyclic) bond motifs is 1. The standard InChI is InChI=1S/C17H23N3/c1-13-16(12-20(2)19-13)11-18-10-15-8-5-7-14-6-3-4-9-17(14)15/h3-4,6,9,12,15,18H,5,7-8,10-11H2,1-2H3. The Morgan fingerprint density at radius 1 is 1.35 bits per heavy atom. The molecule has 1 N–H and O–H groups in total. The van der Waals surface area contributed by atoms with E-state index < -0.39 is 0 Å². The van der Waals surface area contributed by atoms with E-state index in [4.69, 9.17) is 0 Å². The molecule has 1 atom stereocenters. The third-order valence-corrected chi connectivity index (χ3v) is 4.31. The normalized spacial score (nSPS) is 18.0. The summed E-state index contributed by atoms with van der Waals surface area (Å²) in [7, 11) is 1.98. The molecule has 1 aromatic carbocycles. The SMILES string of the molecule is Cc1nn(C)cc1CNCC1CCCc2ccccc21. The second kappa shape index (κ2) is 5.80. The number of nitrogens with one attached hydrogen (secondary N) is 1. The summed E-state index contributed by atoms with van der Waals surface area (Å²) in [6.07, 6.45) is 5.97. The lowest BCUT2D eigenvalue weighted by molar-refractivity contribution is 0.507. The van der Waals surface area contributed by atoms with Crippen LogP contribution in [0.1, 0.15) is 41.1 Å². The number of aryl methyl sites for hydroxylation is 3. The molecule has 0 saturated heterocycles. The fourth-order valence-electron chi connectivity index (χ4n) is 3.27. The van der Waals surface area contributed by atoms with Gasteiger partial charge in [-0.1, -0.05) is 24.3 Å². The van der Waals surface area contributed by atoms with Gasteiger partial charge in [0.2, 0.25) is 0 Å². The molecule has 1 unspecified atom stereocenters. The molecule has 3 heteroatoms. The molecule has 1 heterocycles. The van der Waals surface area contributed by atoms with Gasteiger partial charge in [0.25, 0.3) is 0 Å². The average molecular weight is 269 g/mol. The number of hydrogen-bond donors (Lipinski definition) is 1. The molecule has 1 aromatic heterocycles. The number of benzene rings is 1. The van der Waals surface area contributed by atoms with Gasteiger partial charge < -0.3 is 5.32 Å². The Labute approximate surface area is 121 Å². The Hall–Kier alpha value is -1.61. The maximum absolute atomic E-state index is 4.39. The Balaban J connectivity index is 1.61. The maximum atomic E-state index is 4.39. The molecule has 106 valence electrons. The second-order valence-corrected chi connectivity index (χ2v) is 5.83. The van der Waals surface area contributed by atoms with Crippen molar-refractivity contribution in [2.45, 2.75) is 38.6 Å². The van der Waals surface area contributed by atoms with Crippen LogP contribution in [-0.4, -0.2) is 16.3 Å². The quantitative estimate of drug-likeness (QED) is 0.925. The fraction of sp³-hybridized carbons (Fsp3) is 0.471. The van der Waals surface area contributed by atoms with Gasteiger partial charge in [0, 0.05) is 31.9 Å². The van der Waals surface area contributed by atoms with Crippen molar-refractivity contribution >= 4 is 0 Å². The summed E-state index contributed by atoms with van der Waals surface area (Å²) in [6.45, 7) is 4.05. The van der Waals surface area contributed by atoms with Crippen LogP contribution < -0.4 is 5.32 Å². The topological polar surface area (TPSA) is 29.9 Å². The molecule has 0 spiro atoms. The van der Waals surface area contributed by atoms with Crippen molar-refractivity contribution in [3.63, 3.8) is 0 Å². The summed E-state index contributed by atoms with van der Waals surface area (Å²) in [5, 5.41) is 8.00. The summed E-state index contributed by atoms with van der Waals surface area (Å²) in [4.78, 5) is 0. The molecule has 1 aliphatic carbocycles. The van der Waals surface area contributed by atoms with Crippen molar-refractivity contribution in [2.75, 3.05) is 6.54 Å². The summed E-state index contributed by atoms with van der Waals surface area (Å²) < 4.78 is 1.89. The minimum atomic E-state index is 0.664. The first-order valence-electron chi connectivity index (χ1n) is 7.51. The van der Waals surface area contributed by atoms with E-state index in [1.54, 1.807) is 11.1 Å². The number of aromatic nitrogens is 2. The smallest absolute Gasteiger partial charge is 0.0638 e. The molecule has 0 radical (unpaired) electrons. The Bertz CT molecular complexity index is 586. The van der Waals surface area contributed by atoms with Crippen molar-refractivity contribution in [1.29, 1.82) is 0 Å². The fourth-order valence-corrected chi connectivity index (χ4v) is 3.27. The lowest BCUT2D eigenvalue weighted by atomic mass is 9.83. The van der Waals surface area contributed by atoms with Gasteiger partial charge in [0.1, 0.15) is 0 Å². The molecular weight excluding hydrogens is 246 g/mol. The molecule has 20 heavy (non-hydrogen) atoms. The highest BCUT2D eigenvalue weighted by molar-refractivity contribution is 5.32. The van der Waals surface area contributed by atoms with E-state index in [1.165, 1.54) is 24.8 Å². The molecule has 0 bridgehead atoms. The van der Waals surface area contributed by atoms with Gasteiger partial charge in [-0.05, 0) is 43.2 Å². The number of rotatable bonds is 4. The predicted molar refractivity (Wildman–Crippen MR) is 81.8 cm³/mol. The molecule has 3 rings (SSSR count). The summed E-state index contributed by atoms with van der Waals surface area (Å²) in [6, 6.07) is 8.92. The zero-order valence-electron chi connectivity index (χ0n) is 12.4. The van der Waals surface area contributed by atoms with Gasteiger partial charge >= 0.3 is 0 Å². The van der Waals surface area contributed by atoms with Crippen LogP contribution >= 0.6 is 0 Å². The van der Waals surface area contributed by atoms with E-state index in [-0.39, 0.29) is 0 Å². The minimum Gasteiger partial charge on any atom is -0.312 e. The van der Waals surface area contributed by atoms with Crippen molar-refractivity contribution < 1.29 is 0 Å². The van der Waals surface area contributed by atoms with Crippen LogP contribution in [0.5, 0.6) is 0 Å². The van der Waals surface area contributed by atoms with Crippen LogP contribution in [0.4, 0.5) is 0 Å². The summed E-state index contributed by atoms with van der Waals surface area (Å²) >= 11 is 0. The highest BCUT2D eigenvalue weighted by atomic mass is 15.2. The van der Waals surface area contributed by atoms with Gasteiger partial charge in [-0.25, -0.2) is 0 Å². The Kier molecular flexibility index (Phi) is 3.88. The zero-order chi connectivity index (χ0) is 13.9. The van der Waals surface area contributed by atoms with Crippen molar-refractivity contribution in [2.24, 2.45) is 7.05 Å². The van der Waals surface area contributed by atoms with Gasteiger partial charge in [0.15, 0.2) is 0 Å². The number of nitrogens with zero attached hydrogens (tertiary/aromatic N) is 2. The first-order chi connectivity index (χ1) is 9.74. The summed E-state index contributed by atoms with van der Waals surface area (Å²) in [5.74, 6) is 0.664. The van der Waals surface area contributed by atoms with Crippen LogP contribution in [0.3, 0.4) is 0 Å². The van der Waals surface area contributed by atoms with Gasteiger partial charge in [-0.3, -0.25) is 4.68 Å². The van der Waals surface area contributed by atoms with Crippen molar-refractivity contribution in [1.82, 2.24) is 15.1 Å². The summed E-state index contributed by atoms with van der Waals surface area (Å²) in [5.41, 5.74) is 5.53. The van der Waals surface area contributed by atoms with E-state index in [9.17, 15) is 0 Å². The van der Waals surface area contributed by atoms with E-state index in [0.29, 0.717) is 5.92 Å². The molecule has 1 aliphatic rings. The van der Waals surface area contributed by atoms with Crippen molar-refractivity contribution in [3.05, 3.63) is 52.8 Å². The first kappa shape index (κ1) is 13.4. The minimum absolute atomic E-state index is 0.664. The monoisotopic (exact) mass is 269 g/mol. The highest BCUT2D eigenvalue weighted by Crippen LogP contribution is 2.30. The lowest BCUT2D eigenvalue weighted by Gasteiger charge is -2.25. The van der Waals surface area contributed by atoms with Crippen LogP contribution in [0, 0.1) is 6.92 Å². The Morgan fingerprint density at radius 2 is 2.20 bits per heavy atom. The average Bonchev–Trinajstić information content (AvgIpc) is 2.77. The van der Waals surface area contributed by atoms with E-state index >= 15 is 0 Å². The van der Waals surface area contributed by atoms with E-state index in [2.05, 4.69) is 47.8 Å². The molecule has 3 nitrogen and oxygen atoms in total. The van der Waals surface area contributed by atoms with E-state index in [0.717, 1.165) is 18.8 Å². The first-order valence-corrected chi connectivity index (χ1v) is 7.51. The van der Waals surface area contributed by atoms with Gasteiger partial charge in [-0.15, -0.1) is 0 Å². The molecule has 0 aliphatic heterocycles. The van der Waals surface area contributed by atoms with Crippen LogP contribution in [-0.2, 0) is 20.0 Å². The third-order valence-electron chi connectivity index (χ3n) is 4.31. The van der Waals surface area contributed by atoms with Crippen molar-refractivity contribution in [3.8, 4) is 0 Å².